The minimum atomic E-state index is -0.0479. The van der Waals surface area contributed by atoms with Crippen molar-refractivity contribution in [3.05, 3.63) is 42.0 Å². The Balaban J connectivity index is 1.48. The van der Waals surface area contributed by atoms with Crippen molar-refractivity contribution in [2.45, 2.75) is 32.6 Å². The summed E-state index contributed by atoms with van der Waals surface area (Å²) >= 11 is 0. The zero-order valence-corrected chi connectivity index (χ0v) is 13.5. The molecule has 0 spiro atoms. The van der Waals surface area contributed by atoms with Gasteiger partial charge in [-0.1, -0.05) is 19.1 Å². The lowest BCUT2D eigenvalue weighted by Gasteiger charge is -2.18. The summed E-state index contributed by atoms with van der Waals surface area (Å²) in [5, 5.41) is 5.91. The predicted molar refractivity (Wildman–Crippen MR) is 91.2 cm³/mol. The van der Waals surface area contributed by atoms with E-state index in [0.717, 1.165) is 37.9 Å². The molecule has 0 heterocycles. The average molecular weight is 312 g/mol. The fraction of sp³-hybridized carbons (Fsp3) is 0.474. The molecule has 0 aromatic heterocycles. The van der Waals surface area contributed by atoms with Crippen molar-refractivity contribution in [1.82, 2.24) is 5.32 Å². The number of carbonyl (C=O) groups is 2. The van der Waals surface area contributed by atoms with Crippen LogP contribution >= 0.6 is 0 Å². The summed E-state index contributed by atoms with van der Waals surface area (Å²) in [5.74, 6) is 1.23. The zero-order chi connectivity index (χ0) is 16.2. The molecule has 2 aliphatic carbocycles. The summed E-state index contributed by atoms with van der Waals surface area (Å²) in [6.45, 7) is 2.81. The molecular formula is C19H24N2O2. The Labute approximate surface area is 137 Å². The number of benzene rings is 1. The lowest BCUT2D eigenvalue weighted by atomic mass is 9.94. The van der Waals surface area contributed by atoms with E-state index in [1.54, 1.807) is 24.3 Å². The monoisotopic (exact) mass is 312 g/mol. The molecule has 2 aliphatic rings. The Morgan fingerprint density at radius 3 is 2.52 bits per heavy atom. The standard InChI is InChI=1S/C19H24N2O2/c1-13-11-17(13)19(23)21-16-9-7-15(8-10-16)18(22)20-12-14-5-3-2-4-6-14/h2-3,7-10,13-14,17H,4-6,11-12H2,1H3,(H,20,22)(H,21,23). The molecule has 4 heteroatoms. The molecule has 3 rings (SSSR count). The quantitative estimate of drug-likeness (QED) is 0.819. The minimum absolute atomic E-state index is 0.0479. The molecule has 122 valence electrons. The highest BCUT2D eigenvalue weighted by molar-refractivity contribution is 5.96. The molecule has 3 unspecified atom stereocenters. The fourth-order valence-electron chi connectivity index (χ4n) is 3.01. The third kappa shape index (κ3) is 4.21. The van der Waals surface area contributed by atoms with E-state index in [-0.39, 0.29) is 17.7 Å². The van der Waals surface area contributed by atoms with E-state index in [0.29, 0.717) is 17.4 Å². The first-order chi connectivity index (χ1) is 11.1. The highest BCUT2D eigenvalue weighted by Gasteiger charge is 2.39. The van der Waals surface area contributed by atoms with Crippen molar-refractivity contribution in [1.29, 1.82) is 0 Å². The molecule has 0 bridgehead atoms. The van der Waals surface area contributed by atoms with Crippen LogP contribution in [0.15, 0.2) is 36.4 Å². The molecule has 2 N–H and O–H groups in total. The number of anilines is 1. The van der Waals surface area contributed by atoms with Crippen LogP contribution in [0, 0.1) is 17.8 Å². The predicted octanol–water partition coefficient (Wildman–Crippen LogP) is 3.37. The molecule has 3 atom stereocenters. The molecule has 1 aromatic rings. The summed E-state index contributed by atoms with van der Waals surface area (Å²) < 4.78 is 0. The molecule has 0 aliphatic heterocycles. The van der Waals surface area contributed by atoms with Gasteiger partial charge in [-0.15, -0.1) is 0 Å². The van der Waals surface area contributed by atoms with E-state index in [1.807, 2.05) is 0 Å². The van der Waals surface area contributed by atoms with Crippen molar-refractivity contribution in [3.8, 4) is 0 Å². The number of hydrogen-bond donors (Lipinski definition) is 2. The highest BCUT2D eigenvalue weighted by Crippen LogP contribution is 2.38. The van der Waals surface area contributed by atoms with Crippen LogP contribution in [0.5, 0.6) is 0 Å². The first-order valence-electron chi connectivity index (χ1n) is 8.47. The second-order valence-electron chi connectivity index (χ2n) is 6.75. The number of hydrogen-bond acceptors (Lipinski definition) is 2. The van der Waals surface area contributed by atoms with Crippen molar-refractivity contribution < 1.29 is 9.59 Å². The van der Waals surface area contributed by atoms with Gasteiger partial charge in [0.1, 0.15) is 0 Å². The Kier molecular flexibility index (Phi) is 4.79. The summed E-state index contributed by atoms with van der Waals surface area (Å²) in [6, 6.07) is 7.12. The molecule has 1 aromatic carbocycles. The van der Waals surface area contributed by atoms with Crippen LogP contribution in [-0.2, 0) is 4.79 Å². The number of nitrogens with one attached hydrogen (secondary N) is 2. The zero-order valence-electron chi connectivity index (χ0n) is 13.5. The van der Waals surface area contributed by atoms with Crippen LogP contribution in [0.1, 0.15) is 43.0 Å². The Morgan fingerprint density at radius 2 is 1.91 bits per heavy atom. The van der Waals surface area contributed by atoms with E-state index >= 15 is 0 Å². The fourth-order valence-corrected chi connectivity index (χ4v) is 3.01. The third-order valence-corrected chi connectivity index (χ3v) is 4.79. The molecule has 23 heavy (non-hydrogen) atoms. The summed E-state index contributed by atoms with van der Waals surface area (Å²) in [4.78, 5) is 24.1. The lowest BCUT2D eigenvalue weighted by Crippen LogP contribution is -2.29. The van der Waals surface area contributed by atoms with Gasteiger partial charge in [-0.25, -0.2) is 0 Å². The van der Waals surface area contributed by atoms with Gasteiger partial charge in [-0.2, -0.15) is 0 Å². The van der Waals surface area contributed by atoms with Gasteiger partial charge in [-0.3, -0.25) is 9.59 Å². The SMILES string of the molecule is CC1CC1C(=O)Nc1ccc(C(=O)NCC2CC=CCC2)cc1. The third-order valence-electron chi connectivity index (χ3n) is 4.79. The average Bonchev–Trinajstić information content (AvgIpc) is 3.31. The van der Waals surface area contributed by atoms with E-state index in [4.69, 9.17) is 0 Å². The smallest absolute Gasteiger partial charge is 0.251 e. The van der Waals surface area contributed by atoms with E-state index in [1.165, 1.54) is 0 Å². The second-order valence-corrected chi connectivity index (χ2v) is 6.75. The van der Waals surface area contributed by atoms with Gasteiger partial charge < -0.3 is 10.6 Å². The van der Waals surface area contributed by atoms with Crippen LogP contribution in [-0.4, -0.2) is 18.4 Å². The maximum Gasteiger partial charge on any atom is 0.251 e. The van der Waals surface area contributed by atoms with Crippen molar-refractivity contribution in [2.75, 3.05) is 11.9 Å². The van der Waals surface area contributed by atoms with Gasteiger partial charge in [0.25, 0.3) is 5.91 Å². The molecule has 4 nitrogen and oxygen atoms in total. The van der Waals surface area contributed by atoms with Crippen LogP contribution < -0.4 is 10.6 Å². The topological polar surface area (TPSA) is 58.2 Å². The van der Waals surface area contributed by atoms with Gasteiger partial charge in [0.15, 0.2) is 0 Å². The summed E-state index contributed by atoms with van der Waals surface area (Å²) in [7, 11) is 0. The Morgan fingerprint density at radius 1 is 1.17 bits per heavy atom. The van der Waals surface area contributed by atoms with Crippen molar-refractivity contribution in [3.63, 3.8) is 0 Å². The van der Waals surface area contributed by atoms with E-state index in [9.17, 15) is 9.59 Å². The van der Waals surface area contributed by atoms with Crippen LogP contribution in [0.25, 0.3) is 0 Å². The summed E-state index contributed by atoms with van der Waals surface area (Å²) in [5.41, 5.74) is 1.39. The number of carbonyl (C=O) groups excluding carboxylic acids is 2. The molecule has 0 saturated heterocycles. The molecule has 1 saturated carbocycles. The van der Waals surface area contributed by atoms with Crippen LogP contribution in [0.4, 0.5) is 5.69 Å². The Hall–Kier alpha value is -2.10. The number of rotatable bonds is 5. The summed E-state index contributed by atoms with van der Waals surface area (Å²) in [6.07, 6.45) is 8.66. The van der Waals surface area contributed by atoms with Crippen molar-refractivity contribution >= 4 is 17.5 Å². The molecular weight excluding hydrogens is 288 g/mol. The van der Waals surface area contributed by atoms with Crippen molar-refractivity contribution in [2.24, 2.45) is 17.8 Å². The maximum absolute atomic E-state index is 12.2. The first kappa shape index (κ1) is 15.8. The Bertz CT molecular complexity index is 606. The minimum Gasteiger partial charge on any atom is -0.352 e. The normalized spacial score (nSPS) is 25.7. The second kappa shape index (κ2) is 6.99. The molecule has 2 amide bonds. The van der Waals surface area contributed by atoms with Gasteiger partial charge in [0, 0.05) is 23.7 Å². The van der Waals surface area contributed by atoms with E-state index in [2.05, 4.69) is 29.7 Å². The largest absolute Gasteiger partial charge is 0.352 e. The van der Waals surface area contributed by atoms with Gasteiger partial charge >= 0.3 is 0 Å². The number of amides is 2. The molecule has 0 radical (unpaired) electrons. The van der Waals surface area contributed by atoms with Gasteiger partial charge in [0.2, 0.25) is 5.91 Å². The van der Waals surface area contributed by atoms with Gasteiger partial charge in [-0.05, 0) is 61.8 Å². The highest BCUT2D eigenvalue weighted by atomic mass is 16.2. The van der Waals surface area contributed by atoms with E-state index < -0.39 is 0 Å². The van der Waals surface area contributed by atoms with Crippen LogP contribution in [0.2, 0.25) is 0 Å². The lowest BCUT2D eigenvalue weighted by molar-refractivity contribution is -0.117. The van der Waals surface area contributed by atoms with Crippen LogP contribution in [0.3, 0.4) is 0 Å². The molecule has 1 fully saturated rings. The number of allylic oxidation sites excluding steroid dienone is 2. The van der Waals surface area contributed by atoms with Gasteiger partial charge in [0.05, 0.1) is 0 Å². The maximum atomic E-state index is 12.2. The first-order valence-corrected chi connectivity index (χ1v) is 8.47.